The zero-order chi connectivity index (χ0) is 23.1. The van der Waals surface area contributed by atoms with Crippen LogP contribution in [0.1, 0.15) is 31.2 Å². The molecule has 0 spiro atoms. The molecule has 0 aromatic heterocycles. The summed E-state index contributed by atoms with van der Waals surface area (Å²) in [6.45, 7) is 6.30. The predicted molar refractivity (Wildman–Crippen MR) is 128 cm³/mol. The molecule has 2 aliphatic rings. The molecule has 0 N–H and O–H groups in total. The molecule has 2 saturated heterocycles. The highest BCUT2D eigenvalue weighted by molar-refractivity contribution is 6.30. The van der Waals surface area contributed by atoms with Crippen molar-refractivity contribution in [1.29, 1.82) is 0 Å². The Morgan fingerprint density at radius 1 is 1.03 bits per heavy atom. The van der Waals surface area contributed by atoms with Crippen molar-refractivity contribution in [3.05, 3.63) is 64.9 Å². The lowest BCUT2D eigenvalue weighted by molar-refractivity contribution is -0.172. The van der Waals surface area contributed by atoms with Crippen LogP contribution in [0.4, 0.5) is 4.39 Å². The molecule has 0 bridgehead atoms. The highest BCUT2D eigenvalue weighted by atomic mass is 35.5. The van der Waals surface area contributed by atoms with Crippen molar-refractivity contribution in [2.24, 2.45) is 0 Å². The predicted octanol–water partition coefficient (Wildman–Crippen LogP) is 4.93. The quantitative estimate of drug-likeness (QED) is 0.485. The van der Waals surface area contributed by atoms with Crippen LogP contribution < -0.4 is 4.74 Å². The summed E-state index contributed by atoms with van der Waals surface area (Å²) in [4.78, 5) is 4.88. The number of ether oxygens (including phenoxy) is 3. The Morgan fingerprint density at radius 2 is 1.70 bits per heavy atom. The van der Waals surface area contributed by atoms with Crippen LogP contribution in [0.15, 0.2) is 48.5 Å². The molecule has 0 aliphatic carbocycles. The third-order valence-electron chi connectivity index (χ3n) is 6.53. The summed E-state index contributed by atoms with van der Waals surface area (Å²) in [5, 5.41) is 0.732. The minimum absolute atomic E-state index is 0.243. The second kappa shape index (κ2) is 11.6. The van der Waals surface area contributed by atoms with Crippen molar-refractivity contribution in [1.82, 2.24) is 9.80 Å². The fraction of sp³-hybridized carbons (Fsp3) is 0.538. The Kier molecular flexibility index (Phi) is 8.61. The smallest absolute Gasteiger partial charge is 0.195 e. The first-order valence-electron chi connectivity index (χ1n) is 11.9. The molecule has 0 amide bonds. The van der Waals surface area contributed by atoms with Gasteiger partial charge in [0.15, 0.2) is 5.79 Å². The van der Waals surface area contributed by atoms with Crippen molar-refractivity contribution in [3.63, 3.8) is 0 Å². The van der Waals surface area contributed by atoms with Crippen LogP contribution >= 0.6 is 11.6 Å². The van der Waals surface area contributed by atoms with Gasteiger partial charge in [-0.1, -0.05) is 23.7 Å². The van der Waals surface area contributed by atoms with Gasteiger partial charge in [-0.2, -0.15) is 0 Å². The van der Waals surface area contributed by atoms with Crippen LogP contribution in [0.5, 0.6) is 5.75 Å². The number of halogens is 2. The molecule has 7 heteroatoms. The molecule has 33 heavy (non-hydrogen) atoms. The highest BCUT2D eigenvalue weighted by Gasteiger charge is 2.38. The minimum Gasteiger partial charge on any atom is -0.490 e. The van der Waals surface area contributed by atoms with Crippen LogP contribution in [-0.4, -0.2) is 68.9 Å². The van der Waals surface area contributed by atoms with Crippen LogP contribution in [0.2, 0.25) is 5.02 Å². The fourth-order valence-corrected chi connectivity index (χ4v) is 4.70. The van der Waals surface area contributed by atoms with Gasteiger partial charge in [-0.05, 0) is 69.3 Å². The van der Waals surface area contributed by atoms with E-state index in [0.717, 1.165) is 74.7 Å². The second-order valence-corrected chi connectivity index (χ2v) is 9.41. The molecular weight excluding hydrogens is 443 g/mol. The third kappa shape index (κ3) is 6.90. The molecular formula is C26H34ClFN2O3. The van der Waals surface area contributed by atoms with E-state index in [1.54, 1.807) is 12.1 Å². The van der Waals surface area contributed by atoms with Gasteiger partial charge in [0.05, 0.1) is 13.2 Å². The number of hydrogen-bond donors (Lipinski definition) is 0. The van der Waals surface area contributed by atoms with E-state index < -0.39 is 5.79 Å². The number of rotatable bonds is 10. The van der Waals surface area contributed by atoms with Crippen molar-refractivity contribution >= 4 is 11.6 Å². The number of benzene rings is 2. The molecule has 0 radical (unpaired) electrons. The lowest BCUT2D eigenvalue weighted by Crippen LogP contribution is -2.41. The zero-order valence-corrected chi connectivity index (χ0v) is 20.1. The number of piperidine rings is 1. The molecule has 180 valence electrons. The van der Waals surface area contributed by atoms with Gasteiger partial charge in [0.25, 0.3) is 0 Å². The Morgan fingerprint density at radius 3 is 2.36 bits per heavy atom. The molecule has 0 atom stereocenters. The van der Waals surface area contributed by atoms with Crippen LogP contribution in [0.25, 0.3) is 0 Å². The number of nitrogens with zero attached hydrogens (tertiary/aromatic N) is 2. The molecule has 4 rings (SSSR count). The summed E-state index contributed by atoms with van der Waals surface area (Å²) < 4.78 is 31.4. The second-order valence-electron chi connectivity index (χ2n) is 8.98. The van der Waals surface area contributed by atoms with E-state index in [1.165, 1.54) is 12.1 Å². The standard InChI is InChI=1S/C26H34ClFN2O3/c1-29(14-2-13-26(31-19-20-32-26)21-3-7-23(28)8-4-21)17-18-30-15-11-25(12-16-30)33-24-9-5-22(27)6-10-24/h3-10,25H,2,11-20H2,1H3. The van der Waals surface area contributed by atoms with Gasteiger partial charge in [-0.3, -0.25) is 0 Å². The largest absolute Gasteiger partial charge is 0.490 e. The van der Waals surface area contributed by atoms with Crippen molar-refractivity contribution in [2.45, 2.75) is 37.6 Å². The van der Waals surface area contributed by atoms with Gasteiger partial charge >= 0.3 is 0 Å². The van der Waals surface area contributed by atoms with E-state index in [4.69, 9.17) is 25.8 Å². The average molecular weight is 477 g/mol. The van der Waals surface area contributed by atoms with Crippen LogP contribution in [-0.2, 0) is 15.3 Å². The van der Waals surface area contributed by atoms with Crippen molar-refractivity contribution in [2.75, 3.05) is 53.0 Å². The van der Waals surface area contributed by atoms with Gasteiger partial charge < -0.3 is 24.0 Å². The summed E-state index contributed by atoms with van der Waals surface area (Å²) >= 11 is 5.95. The maximum atomic E-state index is 13.3. The Balaban J connectivity index is 1.14. The molecule has 2 aliphatic heterocycles. The van der Waals surface area contributed by atoms with Crippen molar-refractivity contribution < 1.29 is 18.6 Å². The summed E-state index contributed by atoms with van der Waals surface area (Å²) in [7, 11) is 2.16. The van der Waals surface area contributed by atoms with Crippen LogP contribution in [0.3, 0.4) is 0 Å². The van der Waals surface area contributed by atoms with Gasteiger partial charge in [0, 0.05) is 43.2 Å². The molecule has 2 aromatic carbocycles. The maximum absolute atomic E-state index is 13.3. The van der Waals surface area contributed by atoms with Gasteiger partial charge in [-0.25, -0.2) is 4.39 Å². The number of likely N-dealkylation sites (tertiary alicyclic amines) is 1. The summed E-state index contributed by atoms with van der Waals surface area (Å²) in [5.41, 5.74) is 0.896. The van der Waals surface area contributed by atoms with E-state index in [1.807, 2.05) is 24.3 Å². The Labute approximate surface area is 201 Å². The average Bonchev–Trinajstić information content (AvgIpc) is 3.30. The van der Waals surface area contributed by atoms with E-state index in [9.17, 15) is 4.39 Å². The summed E-state index contributed by atoms with van der Waals surface area (Å²) in [6.07, 6.45) is 4.07. The van der Waals surface area contributed by atoms with E-state index in [-0.39, 0.29) is 11.9 Å². The zero-order valence-electron chi connectivity index (χ0n) is 19.3. The number of hydrogen-bond acceptors (Lipinski definition) is 5. The molecule has 0 saturated carbocycles. The summed E-state index contributed by atoms with van der Waals surface area (Å²) in [6, 6.07) is 14.1. The molecule has 2 aromatic rings. The topological polar surface area (TPSA) is 34.2 Å². The number of likely N-dealkylation sites (N-methyl/N-ethyl adjacent to an activating group) is 1. The Bertz CT molecular complexity index is 851. The monoisotopic (exact) mass is 476 g/mol. The fourth-order valence-electron chi connectivity index (χ4n) is 4.58. The molecule has 2 fully saturated rings. The first-order valence-corrected chi connectivity index (χ1v) is 12.3. The SMILES string of the molecule is CN(CCCC1(c2ccc(F)cc2)OCCO1)CCN1CCC(Oc2ccc(Cl)cc2)CC1. The van der Waals surface area contributed by atoms with E-state index >= 15 is 0 Å². The molecule has 0 unspecified atom stereocenters. The normalized spacial score (nSPS) is 19.3. The summed E-state index contributed by atoms with van der Waals surface area (Å²) in [5.74, 6) is -0.0843. The maximum Gasteiger partial charge on any atom is 0.195 e. The third-order valence-corrected chi connectivity index (χ3v) is 6.78. The van der Waals surface area contributed by atoms with Gasteiger partial charge in [-0.15, -0.1) is 0 Å². The van der Waals surface area contributed by atoms with Gasteiger partial charge in [0.1, 0.15) is 17.7 Å². The van der Waals surface area contributed by atoms with Crippen LogP contribution in [0, 0.1) is 5.82 Å². The minimum atomic E-state index is -0.736. The van der Waals surface area contributed by atoms with Crippen molar-refractivity contribution in [3.8, 4) is 5.75 Å². The molecule has 2 heterocycles. The molecule has 5 nitrogen and oxygen atoms in total. The van der Waals surface area contributed by atoms with Gasteiger partial charge in [0.2, 0.25) is 0 Å². The Hall–Kier alpha value is -1.70. The van der Waals surface area contributed by atoms with E-state index in [2.05, 4.69) is 16.8 Å². The first-order chi connectivity index (χ1) is 16.0. The lowest BCUT2D eigenvalue weighted by Gasteiger charge is -2.33. The lowest BCUT2D eigenvalue weighted by atomic mass is 10.0. The first kappa shape index (κ1) is 24.4. The van der Waals surface area contributed by atoms with E-state index in [0.29, 0.717) is 13.2 Å². The highest BCUT2D eigenvalue weighted by Crippen LogP contribution is 2.36.